The largest absolute Gasteiger partial charge is 0.494 e. The lowest BCUT2D eigenvalue weighted by atomic mass is 10.1. The number of fused-ring (bicyclic) bond motifs is 1. The number of thiazole rings is 1. The number of hydrogen-bond acceptors (Lipinski definition) is 4. The Balaban J connectivity index is 1.63. The highest BCUT2D eigenvalue weighted by atomic mass is 32.1. The summed E-state index contributed by atoms with van der Waals surface area (Å²) in [5.41, 5.74) is 3.78. The van der Waals surface area contributed by atoms with Crippen LogP contribution in [0, 0.1) is 6.92 Å². The van der Waals surface area contributed by atoms with E-state index in [0.29, 0.717) is 23.8 Å². The standard InChI is InChI=1S/C26H26N2O2S/c1-3-4-16-30-22-13-11-21(12-14-22)25(29)28(18-20-8-6-5-7-9-20)26-27-23-15-10-19(2)17-24(23)31-26/h5-15,17H,3-4,16,18H2,1-2H3. The Hall–Kier alpha value is -3.18. The van der Waals surface area contributed by atoms with E-state index in [-0.39, 0.29) is 5.91 Å². The molecule has 31 heavy (non-hydrogen) atoms. The first-order chi connectivity index (χ1) is 15.1. The second-order valence-corrected chi connectivity index (χ2v) is 8.58. The highest BCUT2D eigenvalue weighted by Gasteiger charge is 2.22. The first-order valence-corrected chi connectivity index (χ1v) is 11.4. The van der Waals surface area contributed by atoms with Crippen molar-refractivity contribution in [2.45, 2.75) is 33.2 Å². The summed E-state index contributed by atoms with van der Waals surface area (Å²) in [7, 11) is 0. The van der Waals surface area contributed by atoms with Gasteiger partial charge in [0.25, 0.3) is 5.91 Å². The highest BCUT2D eigenvalue weighted by Crippen LogP contribution is 2.31. The van der Waals surface area contributed by atoms with Crippen molar-refractivity contribution >= 4 is 32.6 Å². The third-order valence-corrected chi connectivity index (χ3v) is 6.10. The fraction of sp³-hybridized carbons (Fsp3) is 0.231. The lowest BCUT2D eigenvalue weighted by Crippen LogP contribution is -2.30. The predicted molar refractivity (Wildman–Crippen MR) is 128 cm³/mol. The maximum Gasteiger partial charge on any atom is 0.260 e. The number of amides is 1. The number of aryl methyl sites for hydroxylation is 1. The number of ether oxygens (including phenoxy) is 1. The molecule has 0 saturated carbocycles. The summed E-state index contributed by atoms with van der Waals surface area (Å²) in [6.45, 7) is 5.36. The second-order valence-electron chi connectivity index (χ2n) is 7.57. The quantitative estimate of drug-likeness (QED) is 0.295. The van der Waals surface area contributed by atoms with Crippen LogP contribution in [0.3, 0.4) is 0 Å². The SMILES string of the molecule is CCCCOc1ccc(C(=O)N(Cc2ccccc2)c2nc3ccc(C)cc3s2)cc1. The molecule has 0 atom stereocenters. The molecule has 4 aromatic rings. The lowest BCUT2D eigenvalue weighted by Gasteiger charge is -2.20. The summed E-state index contributed by atoms with van der Waals surface area (Å²) in [5, 5.41) is 0.706. The van der Waals surface area contributed by atoms with Gasteiger partial charge in [0, 0.05) is 5.56 Å². The molecular formula is C26H26N2O2S. The van der Waals surface area contributed by atoms with Crippen LogP contribution in [0.2, 0.25) is 0 Å². The Kier molecular flexibility index (Phi) is 6.63. The third-order valence-electron chi connectivity index (χ3n) is 5.06. The molecule has 1 heterocycles. The van der Waals surface area contributed by atoms with E-state index in [1.54, 1.807) is 16.2 Å². The van der Waals surface area contributed by atoms with Gasteiger partial charge in [-0.05, 0) is 60.9 Å². The molecule has 0 aliphatic carbocycles. The maximum atomic E-state index is 13.5. The Morgan fingerprint density at radius 1 is 1.03 bits per heavy atom. The van der Waals surface area contributed by atoms with Crippen LogP contribution in [-0.2, 0) is 6.54 Å². The lowest BCUT2D eigenvalue weighted by molar-refractivity contribution is 0.0985. The topological polar surface area (TPSA) is 42.4 Å². The molecule has 1 aromatic heterocycles. The Morgan fingerprint density at radius 2 is 1.81 bits per heavy atom. The fourth-order valence-corrected chi connectivity index (χ4v) is 4.37. The summed E-state index contributed by atoms with van der Waals surface area (Å²) in [6.07, 6.45) is 2.11. The van der Waals surface area contributed by atoms with E-state index < -0.39 is 0 Å². The number of unbranched alkanes of at least 4 members (excludes halogenated alkanes) is 1. The van der Waals surface area contributed by atoms with Crippen LogP contribution in [0.5, 0.6) is 5.75 Å². The molecule has 0 N–H and O–H groups in total. The van der Waals surface area contributed by atoms with Crippen molar-refractivity contribution in [3.05, 3.63) is 89.5 Å². The molecule has 4 rings (SSSR count). The molecule has 4 nitrogen and oxygen atoms in total. The molecule has 0 unspecified atom stereocenters. The van der Waals surface area contributed by atoms with E-state index in [1.807, 2.05) is 66.7 Å². The molecule has 0 saturated heterocycles. The molecule has 0 aliphatic rings. The number of carbonyl (C=O) groups excluding carboxylic acids is 1. The molecule has 1 amide bonds. The van der Waals surface area contributed by atoms with Gasteiger partial charge in [-0.25, -0.2) is 4.98 Å². The van der Waals surface area contributed by atoms with Gasteiger partial charge in [-0.15, -0.1) is 0 Å². The van der Waals surface area contributed by atoms with E-state index in [2.05, 4.69) is 19.9 Å². The first kappa shape index (κ1) is 21.1. The van der Waals surface area contributed by atoms with Crippen LogP contribution >= 0.6 is 11.3 Å². The number of rotatable bonds is 8. The van der Waals surface area contributed by atoms with Crippen molar-refractivity contribution in [2.24, 2.45) is 0 Å². The Labute approximate surface area is 187 Å². The van der Waals surface area contributed by atoms with Crippen LogP contribution in [-0.4, -0.2) is 17.5 Å². The summed E-state index contributed by atoms with van der Waals surface area (Å²) < 4.78 is 6.82. The number of anilines is 1. The first-order valence-electron chi connectivity index (χ1n) is 10.6. The van der Waals surface area contributed by atoms with Crippen LogP contribution < -0.4 is 9.64 Å². The summed E-state index contributed by atoms with van der Waals surface area (Å²) in [4.78, 5) is 20.0. The van der Waals surface area contributed by atoms with E-state index in [1.165, 1.54) is 5.56 Å². The van der Waals surface area contributed by atoms with Crippen molar-refractivity contribution in [3.8, 4) is 5.75 Å². The molecule has 5 heteroatoms. The maximum absolute atomic E-state index is 13.5. The number of hydrogen-bond donors (Lipinski definition) is 0. The van der Waals surface area contributed by atoms with Gasteiger partial charge in [0.15, 0.2) is 5.13 Å². The van der Waals surface area contributed by atoms with Crippen LogP contribution in [0.25, 0.3) is 10.2 Å². The van der Waals surface area contributed by atoms with E-state index in [9.17, 15) is 4.79 Å². The second kappa shape index (κ2) is 9.75. The summed E-state index contributed by atoms with van der Waals surface area (Å²) in [5.74, 6) is 0.717. The van der Waals surface area contributed by atoms with Gasteiger partial charge in [0.05, 0.1) is 23.4 Å². The third kappa shape index (κ3) is 5.12. The zero-order valence-corrected chi connectivity index (χ0v) is 18.7. The normalized spacial score (nSPS) is 10.9. The molecular weight excluding hydrogens is 404 g/mol. The molecule has 158 valence electrons. The summed E-state index contributed by atoms with van der Waals surface area (Å²) >= 11 is 1.55. The average Bonchev–Trinajstić information content (AvgIpc) is 3.21. The smallest absolute Gasteiger partial charge is 0.260 e. The van der Waals surface area contributed by atoms with Crippen molar-refractivity contribution in [1.29, 1.82) is 0 Å². The zero-order valence-electron chi connectivity index (χ0n) is 17.9. The van der Waals surface area contributed by atoms with Crippen LogP contribution in [0.1, 0.15) is 41.3 Å². The molecule has 0 bridgehead atoms. The Bertz CT molecular complexity index is 1150. The molecule has 0 spiro atoms. The van der Waals surface area contributed by atoms with Crippen molar-refractivity contribution in [2.75, 3.05) is 11.5 Å². The monoisotopic (exact) mass is 430 g/mol. The van der Waals surface area contributed by atoms with Crippen molar-refractivity contribution in [3.63, 3.8) is 0 Å². The van der Waals surface area contributed by atoms with Gasteiger partial charge in [-0.2, -0.15) is 0 Å². The van der Waals surface area contributed by atoms with Gasteiger partial charge in [-0.1, -0.05) is 61.1 Å². The van der Waals surface area contributed by atoms with Gasteiger partial charge in [0.1, 0.15) is 5.75 Å². The molecule has 3 aromatic carbocycles. The number of benzene rings is 3. The van der Waals surface area contributed by atoms with Gasteiger partial charge in [-0.3, -0.25) is 9.69 Å². The molecule has 0 aliphatic heterocycles. The highest BCUT2D eigenvalue weighted by molar-refractivity contribution is 7.22. The Morgan fingerprint density at radius 3 is 2.55 bits per heavy atom. The van der Waals surface area contributed by atoms with E-state index >= 15 is 0 Å². The number of carbonyl (C=O) groups is 1. The average molecular weight is 431 g/mol. The number of nitrogens with zero attached hydrogens (tertiary/aromatic N) is 2. The van der Waals surface area contributed by atoms with Gasteiger partial charge >= 0.3 is 0 Å². The van der Waals surface area contributed by atoms with Crippen molar-refractivity contribution < 1.29 is 9.53 Å². The van der Waals surface area contributed by atoms with E-state index in [4.69, 9.17) is 9.72 Å². The van der Waals surface area contributed by atoms with Crippen LogP contribution in [0.15, 0.2) is 72.8 Å². The minimum Gasteiger partial charge on any atom is -0.494 e. The van der Waals surface area contributed by atoms with E-state index in [0.717, 1.165) is 34.4 Å². The number of aromatic nitrogens is 1. The molecule has 0 radical (unpaired) electrons. The van der Waals surface area contributed by atoms with Crippen molar-refractivity contribution in [1.82, 2.24) is 4.98 Å². The summed E-state index contributed by atoms with van der Waals surface area (Å²) in [6, 6.07) is 23.6. The fourth-order valence-electron chi connectivity index (χ4n) is 3.31. The predicted octanol–water partition coefficient (Wildman–Crippen LogP) is 6.63. The van der Waals surface area contributed by atoms with Crippen LogP contribution in [0.4, 0.5) is 5.13 Å². The minimum atomic E-state index is -0.0697. The molecule has 0 fully saturated rings. The minimum absolute atomic E-state index is 0.0697. The van der Waals surface area contributed by atoms with Gasteiger partial charge < -0.3 is 4.74 Å². The zero-order chi connectivity index (χ0) is 21.6. The van der Waals surface area contributed by atoms with Gasteiger partial charge in [0.2, 0.25) is 0 Å².